The molecule has 16 heavy (non-hydrogen) atoms. The highest BCUT2D eigenvalue weighted by atomic mass is 19.3. The van der Waals surface area contributed by atoms with Gasteiger partial charge in [0, 0.05) is 11.6 Å². The summed E-state index contributed by atoms with van der Waals surface area (Å²) in [5, 5.41) is 3.44. The first-order valence-corrected chi connectivity index (χ1v) is 5.83. The van der Waals surface area contributed by atoms with Crippen LogP contribution in [0.1, 0.15) is 43.4 Å². The minimum Gasteiger partial charge on any atom is -0.310 e. The summed E-state index contributed by atoms with van der Waals surface area (Å²) in [7, 11) is 0. The van der Waals surface area contributed by atoms with Gasteiger partial charge in [0.15, 0.2) is 0 Å². The van der Waals surface area contributed by atoms with E-state index in [0.717, 1.165) is 18.5 Å². The highest BCUT2D eigenvalue weighted by molar-refractivity contribution is 5.26. The van der Waals surface area contributed by atoms with Crippen LogP contribution in [0, 0.1) is 5.92 Å². The molecule has 1 aromatic carbocycles. The first-order valence-electron chi connectivity index (χ1n) is 5.83. The van der Waals surface area contributed by atoms with Crippen LogP contribution in [0.2, 0.25) is 0 Å². The van der Waals surface area contributed by atoms with E-state index in [9.17, 15) is 8.78 Å². The van der Waals surface area contributed by atoms with Crippen molar-refractivity contribution < 1.29 is 8.78 Å². The lowest BCUT2D eigenvalue weighted by Gasteiger charge is -2.18. The molecule has 1 fully saturated rings. The Morgan fingerprint density at radius 3 is 2.56 bits per heavy atom. The van der Waals surface area contributed by atoms with E-state index in [4.69, 9.17) is 0 Å². The lowest BCUT2D eigenvalue weighted by molar-refractivity contribution is 0.151. The number of halogens is 2. The maximum atomic E-state index is 12.4. The van der Waals surface area contributed by atoms with Crippen molar-refractivity contribution in [3.05, 3.63) is 35.4 Å². The molecule has 88 valence electrons. The number of hydrogen-bond acceptors (Lipinski definition) is 1. The van der Waals surface area contributed by atoms with Gasteiger partial charge in [-0.05, 0) is 24.4 Å². The molecule has 0 aliphatic carbocycles. The van der Waals surface area contributed by atoms with Crippen LogP contribution in [0.25, 0.3) is 0 Å². The Morgan fingerprint density at radius 2 is 2.00 bits per heavy atom. The van der Waals surface area contributed by atoms with Gasteiger partial charge >= 0.3 is 0 Å². The molecule has 0 aromatic heterocycles. The quantitative estimate of drug-likeness (QED) is 0.827. The lowest BCUT2D eigenvalue weighted by Crippen LogP contribution is -2.17. The van der Waals surface area contributed by atoms with Crippen molar-refractivity contribution in [2.24, 2.45) is 5.92 Å². The van der Waals surface area contributed by atoms with E-state index in [1.165, 1.54) is 18.6 Å². The molecule has 1 heterocycles. The highest BCUT2D eigenvalue weighted by Crippen LogP contribution is 2.32. The zero-order valence-electron chi connectivity index (χ0n) is 9.42. The molecule has 1 nitrogen and oxygen atoms in total. The average Bonchev–Trinajstić information content (AvgIpc) is 2.77. The van der Waals surface area contributed by atoms with Gasteiger partial charge in [0.25, 0.3) is 6.43 Å². The maximum Gasteiger partial charge on any atom is 0.263 e. The van der Waals surface area contributed by atoms with Crippen molar-refractivity contribution in [1.82, 2.24) is 5.32 Å². The van der Waals surface area contributed by atoms with Crippen LogP contribution in [0.15, 0.2) is 24.3 Å². The van der Waals surface area contributed by atoms with Crippen LogP contribution >= 0.6 is 0 Å². The van der Waals surface area contributed by atoms with Crippen molar-refractivity contribution in [3.8, 4) is 0 Å². The summed E-state index contributed by atoms with van der Waals surface area (Å²) in [5.41, 5.74) is 1.24. The molecular weight excluding hydrogens is 208 g/mol. The largest absolute Gasteiger partial charge is 0.310 e. The molecule has 2 rings (SSSR count). The molecule has 0 amide bonds. The van der Waals surface area contributed by atoms with E-state index in [0.29, 0.717) is 12.0 Å². The minimum atomic E-state index is -2.37. The fourth-order valence-corrected chi connectivity index (χ4v) is 2.44. The molecule has 1 aliphatic rings. The van der Waals surface area contributed by atoms with Crippen LogP contribution in [0.4, 0.5) is 8.78 Å². The van der Waals surface area contributed by atoms with Crippen LogP contribution in [0.5, 0.6) is 0 Å². The van der Waals surface area contributed by atoms with E-state index in [1.807, 2.05) is 12.1 Å². The van der Waals surface area contributed by atoms with Gasteiger partial charge in [-0.1, -0.05) is 37.6 Å². The summed E-state index contributed by atoms with van der Waals surface area (Å²) in [5.74, 6) is 0.636. The molecule has 1 aromatic rings. The van der Waals surface area contributed by atoms with Crippen LogP contribution in [0.3, 0.4) is 0 Å². The Morgan fingerprint density at radius 1 is 1.31 bits per heavy atom. The van der Waals surface area contributed by atoms with E-state index >= 15 is 0 Å². The van der Waals surface area contributed by atoms with Gasteiger partial charge in [-0.25, -0.2) is 8.78 Å². The van der Waals surface area contributed by atoms with Gasteiger partial charge in [0.1, 0.15) is 0 Å². The van der Waals surface area contributed by atoms with E-state index < -0.39 is 6.43 Å². The van der Waals surface area contributed by atoms with E-state index in [1.54, 1.807) is 0 Å². The summed E-state index contributed by atoms with van der Waals surface area (Å²) in [6.07, 6.45) is -0.0565. The van der Waals surface area contributed by atoms with Gasteiger partial charge in [0.05, 0.1) is 0 Å². The van der Waals surface area contributed by atoms with E-state index in [-0.39, 0.29) is 5.56 Å². The average molecular weight is 225 g/mol. The number of alkyl halides is 2. The Balaban J connectivity index is 2.15. The van der Waals surface area contributed by atoms with Crippen LogP contribution < -0.4 is 5.32 Å². The van der Waals surface area contributed by atoms with Gasteiger partial charge in [-0.2, -0.15) is 0 Å². The molecule has 3 heteroatoms. The molecule has 1 N–H and O–H groups in total. The number of nitrogens with one attached hydrogen (secondary N) is 1. The standard InChI is InChI=1S/C13H17F2N/c1-2-9-7-8-16-12(9)10-3-5-11(6-4-10)13(14)15/h3-6,9,12-13,16H,2,7-8H2,1H3. The minimum absolute atomic E-state index is 0.106. The van der Waals surface area contributed by atoms with Gasteiger partial charge in [0.2, 0.25) is 0 Å². The normalized spacial score (nSPS) is 25.2. The number of hydrogen-bond donors (Lipinski definition) is 1. The number of benzene rings is 1. The third-order valence-electron chi connectivity index (χ3n) is 3.42. The van der Waals surface area contributed by atoms with Crippen LogP contribution in [-0.4, -0.2) is 6.54 Å². The lowest BCUT2D eigenvalue weighted by atomic mass is 9.92. The van der Waals surface area contributed by atoms with Gasteiger partial charge in [-0.3, -0.25) is 0 Å². The SMILES string of the molecule is CCC1CCNC1c1ccc(C(F)F)cc1. The van der Waals surface area contributed by atoms with Crippen molar-refractivity contribution in [2.75, 3.05) is 6.54 Å². The van der Waals surface area contributed by atoms with Gasteiger partial charge < -0.3 is 5.32 Å². The maximum absolute atomic E-state index is 12.4. The second-order valence-electron chi connectivity index (χ2n) is 4.36. The summed E-state index contributed by atoms with van der Waals surface area (Å²) >= 11 is 0. The molecule has 2 atom stereocenters. The Hall–Kier alpha value is -0.960. The third-order valence-corrected chi connectivity index (χ3v) is 3.42. The van der Waals surface area contributed by atoms with Gasteiger partial charge in [-0.15, -0.1) is 0 Å². The smallest absolute Gasteiger partial charge is 0.263 e. The molecule has 0 radical (unpaired) electrons. The zero-order valence-corrected chi connectivity index (χ0v) is 9.42. The fourth-order valence-electron chi connectivity index (χ4n) is 2.44. The second kappa shape index (κ2) is 4.91. The molecule has 1 aliphatic heterocycles. The van der Waals surface area contributed by atoms with Crippen molar-refractivity contribution in [3.63, 3.8) is 0 Å². The topological polar surface area (TPSA) is 12.0 Å². The Bertz CT molecular complexity index is 334. The monoisotopic (exact) mass is 225 g/mol. The summed E-state index contributed by atoms with van der Waals surface area (Å²) < 4.78 is 24.8. The molecular formula is C13H17F2N. The highest BCUT2D eigenvalue weighted by Gasteiger charge is 2.26. The molecule has 0 spiro atoms. The summed E-state index contributed by atoms with van der Waals surface area (Å²) in [6, 6.07) is 7.07. The summed E-state index contributed by atoms with van der Waals surface area (Å²) in [4.78, 5) is 0. The predicted octanol–water partition coefficient (Wildman–Crippen LogP) is 3.68. The number of rotatable bonds is 3. The van der Waals surface area contributed by atoms with Crippen molar-refractivity contribution >= 4 is 0 Å². The Labute approximate surface area is 94.9 Å². The molecule has 0 saturated carbocycles. The van der Waals surface area contributed by atoms with Crippen molar-refractivity contribution in [2.45, 2.75) is 32.2 Å². The van der Waals surface area contributed by atoms with Crippen LogP contribution in [-0.2, 0) is 0 Å². The second-order valence-corrected chi connectivity index (χ2v) is 4.36. The fraction of sp³-hybridized carbons (Fsp3) is 0.538. The Kier molecular flexibility index (Phi) is 3.54. The van der Waals surface area contributed by atoms with Crippen molar-refractivity contribution in [1.29, 1.82) is 0 Å². The molecule has 2 unspecified atom stereocenters. The zero-order chi connectivity index (χ0) is 11.5. The molecule has 1 saturated heterocycles. The molecule has 0 bridgehead atoms. The first-order chi connectivity index (χ1) is 7.72. The first kappa shape index (κ1) is 11.5. The van der Waals surface area contributed by atoms with E-state index in [2.05, 4.69) is 12.2 Å². The summed E-state index contributed by atoms with van der Waals surface area (Å²) in [6.45, 7) is 3.21. The third kappa shape index (κ3) is 2.24. The predicted molar refractivity (Wildman–Crippen MR) is 60.5 cm³/mol.